The number of hydrogen-bond acceptors (Lipinski definition) is 1. The van der Waals surface area contributed by atoms with Gasteiger partial charge < -0.3 is 0 Å². The van der Waals surface area contributed by atoms with Gasteiger partial charge in [0.1, 0.15) is 0 Å². The van der Waals surface area contributed by atoms with E-state index in [1.165, 1.54) is 0 Å². The highest BCUT2D eigenvalue weighted by atomic mass is 31.1. The average molecular weight is 131 g/mol. The second kappa shape index (κ2) is 1.78. The van der Waals surface area contributed by atoms with Gasteiger partial charge in [0, 0.05) is 6.66 Å². The van der Waals surface area contributed by atoms with Crippen LogP contribution in [-0.4, -0.2) is 12.6 Å². The van der Waals surface area contributed by atoms with Crippen molar-refractivity contribution in [3.05, 3.63) is 0 Å². The summed E-state index contributed by atoms with van der Waals surface area (Å²) in [6, 6.07) is 0. The van der Waals surface area contributed by atoms with Gasteiger partial charge in [0.2, 0.25) is 0 Å². The maximum absolute atomic E-state index is 10.9. The minimum atomic E-state index is -4.49. The van der Waals surface area contributed by atoms with E-state index in [9.17, 15) is 17.7 Å². The Kier molecular flexibility index (Phi) is 1.75. The van der Waals surface area contributed by atoms with Crippen LogP contribution < -0.4 is 0 Å². The minimum absolute atomic E-state index is 0.634. The zero-order valence-corrected chi connectivity index (χ0v) is 4.38. The molecular formula is C2H3F3OP. The maximum Gasteiger partial charge on any atom is 0.460 e. The number of hydrogen-bond donors (Lipinski definition) is 0. The summed E-state index contributed by atoms with van der Waals surface area (Å²) < 4.78 is 42.2. The Morgan fingerprint density at radius 1 is 1.43 bits per heavy atom. The third-order valence-electron chi connectivity index (χ3n) is 0.357. The summed E-state index contributed by atoms with van der Waals surface area (Å²) in [6.45, 7) is 0.634. The molecule has 1 radical (unpaired) electrons. The molecule has 0 amide bonds. The summed E-state index contributed by atoms with van der Waals surface area (Å²) in [5.74, 6) is -4.49. The molecular weight excluding hydrogens is 128 g/mol. The van der Waals surface area contributed by atoms with Crippen LogP contribution in [0.15, 0.2) is 0 Å². The lowest BCUT2D eigenvalue weighted by Crippen LogP contribution is -1.96. The lowest BCUT2D eigenvalue weighted by atomic mass is 11.6. The second-order valence-corrected chi connectivity index (χ2v) is 2.47. The zero-order valence-electron chi connectivity index (χ0n) is 3.49. The molecule has 0 N–H and O–H groups in total. The third kappa shape index (κ3) is 2.57. The molecule has 7 heavy (non-hydrogen) atoms. The van der Waals surface area contributed by atoms with Crippen molar-refractivity contribution in [2.75, 3.05) is 6.66 Å². The van der Waals surface area contributed by atoms with Crippen LogP contribution in [0.3, 0.4) is 0 Å². The highest BCUT2D eigenvalue weighted by Crippen LogP contribution is 2.39. The molecule has 0 fully saturated rings. The first-order valence-electron chi connectivity index (χ1n) is 1.42. The predicted molar refractivity (Wildman–Crippen MR) is 19.6 cm³/mol. The van der Waals surface area contributed by atoms with Crippen LogP contribution in [0.4, 0.5) is 13.2 Å². The minimum Gasteiger partial charge on any atom is -0.278 e. The largest absolute Gasteiger partial charge is 0.460 e. The molecule has 0 rings (SSSR count). The van der Waals surface area contributed by atoms with Gasteiger partial charge >= 0.3 is 5.92 Å². The SMILES string of the molecule is C[P](=O)C(F)(F)F. The van der Waals surface area contributed by atoms with Gasteiger partial charge in [-0.05, 0) is 0 Å². The highest BCUT2D eigenvalue weighted by Gasteiger charge is 2.33. The Labute approximate surface area is 39.3 Å². The van der Waals surface area contributed by atoms with Gasteiger partial charge in [-0.25, -0.2) is 0 Å². The van der Waals surface area contributed by atoms with E-state index in [1.807, 2.05) is 0 Å². The molecule has 0 aromatic rings. The lowest BCUT2D eigenvalue weighted by molar-refractivity contribution is -0.0420. The molecule has 0 aliphatic heterocycles. The Bertz CT molecular complexity index is 85.4. The molecule has 0 aliphatic carbocycles. The molecule has 0 saturated heterocycles. The van der Waals surface area contributed by atoms with Crippen LogP contribution in [0, 0.1) is 0 Å². The van der Waals surface area contributed by atoms with Gasteiger partial charge in [-0.1, -0.05) is 0 Å². The first-order valence-corrected chi connectivity index (χ1v) is 3.13. The van der Waals surface area contributed by atoms with Crippen molar-refractivity contribution in [1.29, 1.82) is 0 Å². The van der Waals surface area contributed by atoms with Crippen molar-refractivity contribution in [2.24, 2.45) is 0 Å². The van der Waals surface area contributed by atoms with Crippen LogP contribution in [0.5, 0.6) is 0 Å². The van der Waals surface area contributed by atoms with Crippen LogP contribution in [0.1, 0.15) is 0 Å². The Morgan fingerprint density at radius 3 is 1.57 bits per heavy atom. The van der Waals surface area contributed by atoms with E-state index < -0.39 is 13.7 Å². The zero-order chi connectivity index (χ0) is 6.08. The van der Waals surface area contributed by atoms with Gasteiger partial charge in [0.15, 0.2) is 7.80 Å². The van der Waals surface area contributed by atoms with E-state index in [-0.39, 0.29) is 0 Å². The first-order chi connectivity index (χ1) is 2.94. The summed E-state index contributed by atoms with van der Waals surface area (Å²) in [5.41, 5.74) is 0. The summed E-state index contributed by atoms with van der Waals surface area (Å²) in [7, 11) is -2.99. The average Bonchev–Trinajstić information content (AvgIpc) is 1.31. The Morgan fingerprint density at radius 2 is 1.57 bits per heavy atom. The van der Waals surface area contributed by atoms with E-state index in [0.717, 1.165) is 0 Å². The third-order valence-corrected chi connectivity index (χ3v) is 1.07. The quantitative estimate of drug-likeness (QED) is 0.459. The summed E-state index contributed by atoms with van der Waals surface area (Å²) in [4.78, 5) is 0. The predicted octanol–water partition coefficient (Wildman–Crippen LogP) is 1.96. The fraction of sp³-hybridized carbons (Fsp3) is 1.00. The smallest absolute Gasteiger partial charge is 0.278 e. The molecule has 0 heterocycles. The van der Waals surface area contributed by atoms with Gasteiger partial charge in [0.25, 0.3) is 0 Å². The van der Waals surface area contributed by atoms with Crippen molar-refractivity contribution >= 4 is 7.80 Å². The van der Waals surface area contributed by atoms with Crippen molar-refractivity contribution < 1.29 is 17.7 Å². The summed E-state index contributed by atoms with van der Waals surface area (Å²) in [5, 5.41) is 0. The molecule has 0 spiro atoms. The normalized spacial score (nSPS) is 14.0. The molecule has 43 valence electrons. The molecule has 0 aliphatic rings. The van der Waals surface area contributed by atoms with E-state index in [1.54, 1.807) is 0 Å². The topological polar surface area (TPSA) is 17.1 Å². The maximum atomic E-state index is 10.9. The van der Waals surface area contributed by atoms with Gasteiger partial charge in [-0.3, -0.25) is 4.57 Å². The second-order valence-electron chi connectivity index (χ2n) is 0.965. The number of rotatable bonds is 0. The van der Waals surface area contributed by atoms with Crippen LogP contribution in [-0.2, 0) is 4.57 Å². The van der Waals surface area contributed by atoms with Crippen LogP contribution >= 0.6 is 7.80 Å². The molecule has 0 aromatic carbocycles. The van der Waals surface area contributed by atoms with Crippen LogP contribution in [0.2, 0.25) is 0 Å². The molecule has 0 aromatic heterocycles. The monoisotopic (exact) mass is 131 g/mol. The molecule has 1 atom stereocenters. The molecule has 5 heteroatoms. The fourth-order valence-electron chi connectivity index (χ4n) is 0. The van der Waals surface area contributed by atoms with E-state index in [2.05, 4.69) is 0 Å². The highest BCUT2D eigenvalue weighted by molar-refractivity contribution is 7.44. The standard InChI is InChI=1S/C2H3F3OP/c1-7(6)2(3,4)5/h1H3. The van der Waals surface area contributed by atoms with E-state index >= 15 is 0 Å². The van der Waals surface area contributed by atoms with Crippen molar-refractivity contribution in [2.45, 2.75) is 5.92 Å². The van der Waals surface area contributed by atoms with E-state index in [0.29, 0.717) is 6.66 Å². The fourth-order valence-corrected chi connectivity index (χ4v) is 0. The van der Waals surface area contributed by atoms with Gasteiger partial charge in [-0.15, -0.1) is 0 Å². The molecule has 0 saturated carbocycles. The molecule has 0 bridgehead atoms. The molecule has 1 unspecified atom stereocenters. The van der Waals surface area contributed by atoms with Crippen molar-refractivity contribution in [1.82, 2.24) is 0 Å². The van der Waals surface area contributed by atoms with Crippen molar-refractivity contribution in [3.63, 3.8) is 0 Å². The van der Waals surface area contributed by atoms with Crippen LogP contribution in [0.25, 0.3) is 0 Å². The first kappa shape index (κ1) is 6.89. The molecule has 1 nitrogen and oxygen atoms in total. The van der Waals surface area contributed by atoms with Gasteiger partial charge in [0.05, 0.1) is 0 Å². The summed E-state index contributed by atoms with van der Waals surface area (Å²) >= 11 is 0. The van der Waals surface area contributed by atoms with E-state index in [4.69, 9.17) is 0 Å². The van der Waals surface area contributed by atoms with Gasteiger partial charge in [-0.2, -0.15) is 13.2 Å². The Hall–Kier alpha value is -0.110. The number of halogens is 3. The lowest BCUT2D eigenvalue weighted by Gasteiger charge is -1.96. The van der Waals surface area contributed by atoms with Crippen molar-refractivity contribution in [3.8, 4) is 0 Å². The number of alkyl halides is 3. The summed E-state index contributed by atoms with van der Waals surface area (Å²) in [6.07, 6.45) is 0. The Balaban J connectivity index is 3.79.